The van der Waals surface area contributed by atoms with Crippen molar-refractivity contribution >= 4 is 24.5 Å². The van der Waals surface area contributed by atoms with Crippen LogP contribution >= 0.6 is 12.6 Å². The summed E-state index contributed by atoms with van der Waals surface area (Å²) >= 11 is 4.09. The van der Waals surface area contributed by atoms with E-state index in [1.54, 1.807) is 0 Å². The third kappa shape index (κ3) is 14.0. The molecule has 0 aliphatic carbocycles. The van der Waals surface area contributed by atoms with Crippen LogP contribution < -0.4 is 11.1 Å². The van der Waals surface area contributed by atoms with Gasteiger partial charge in [0.15, 0.2) is 6.04 Å². The Morgan fingerprint density at radius 3 is 2.05 bits per heavy atom. The molecule has 5 N–H and O–H groups in total. The van der Waals surface area contributed by atoms with Gasteiger partial charge in [0.05, 0.1) is 0 Å². The van der Waals surface area contributed by atoms with Crippen molar-refractivity contribution < 1.29 is 20.4 Å². The van der Waals surface area contributed by atoms with Crippen LogP contribution in [0.3, 0.4) is 0 Å². The number of quaternary nitrogens is 1. The highest BCUT2D eigenvalue weighted by Gasteiger charge is 2.14. The Hall–Kier alpha value is -0.750. The number of thiol groups is 1. The summed E-state index contributed by atoms with van der Waals surface area (Å²) in [5.41, 5.74) is 3.80. The van der Waals surface area contributed by atoms with Crippen LogP contribution in [0.15, 0.2) is 0 Å². The van der Waals surface area contributed by atoms with Gasteiger partial charge in [-0.3, -0.25) is 9.59 Å². The lowest BCUT2D eigenvalue weighted by Gasteiger charge is -2.08. The lowest BCUT2D eigenvalue weighted by Crippen LogP contribution is -2.67. The molecule has 0 saturated heterocycles. The van der Waals surface area contributed by atoms with Gasteiger partial charge >= 0.3 is 5.97 Å². The molecule has 21 heavy (non-hydrogen) atoms. The van der Waals surface area contributed by atoms with Gasteiger partial charge in [0.25, 0.3) is 5.91 Å². The fourth-order valence-electron chi connectivity index (χ4n) is 2.10. The highest BCUT2D eigenvalue weighted by atomic mass is 32.1. The van der Waals surface area contributed by atoms with Gasteiger partial charge in [-0.05, 0) is 18.6 Å². The number of nitrogens with one attached hydrogen (secondary N) is 1. The maximum Gasteiger partial charge on any atom is 0.303 e. The van der Waals surface area contributed by atoms with Crippen molar-refractivity contribution in [2.45, 2.75) is 70.3 Å². The van der Waals surface area contributed by atoms with Crippen molar-refractivity contribution in [3.63, 3.8) is 0 Å². The van der Waals surface area contributed by atoms with E-state index in [-0.39, 0.29) is 11.9 Å². The number of carboxylic acids is 1. The first-order valence-corrected chi connectivity index (χ1v) is 8.64. The molecule has 0 spiro atoms. The molecule has 0 saturated carbocycles. The number of carbonyl (C=O) groups excluding carboxylic acids is 1. The van der Waals surface area contributed by atoms with Crippen molar-refractivity contribution in [3.05, 3.63) is 0 Å². The largest absolute Gasteiger partial charge is 0.481 e. The van der Waals surface area contributed by atoms with Crippen molar-refractivity contribution in [3.8, 4) is 0 Å². The van der Waals surface area contributed by atoms with Crippen LogP contribution in [0.4, 0.5) is 0 Å². The summed E-state index contributed by atoms with van der Waals surface area (Å²) in [4.78, 5) is 21.9. The third-order valence-electron chi connectivity index (χ3n) is 3.47. The number of unbranched alkanes of at least 4 members (excludes halogenated alkanes) is 7. The Labute approximate surface area is 133 Å². The third-order valence-corrected chi connectivity index (χ3v) is 3.72. The minimum Gasteiger partial charge on any atom is -0.481 e. The van der Waals surface area contributed by atoms with E-state index in [0.29, 0.717) is 12.2 Å². The molecular formula is C15H31N2O3S+. The second kappa shape index (κ2) is 14.2. The first-order chi connectivity index (χ1) is 10.1. The monoisotopic (exact) mass is 319 g/mol. The average molecular weight is 319 g/mol. The zero-order valence-electron chi connectivity index (χ0n) is 13.0. The molecule has 0 heterocycles. The number of carbonyl (C=O) groups is 2. The zero-order valence-corrected chi connectivity index (χ0v) is 13.9. The fourth-order valence-corrected chi connectivity index (χ4v) is 2.42. The molecule has 0 fully saturated rings. The van der Waals surface area contributed by atoms with Crippen molar-refractivity contribution in [2.24, 2.45) is 0 Å². The molecule has 0 aliphatic heterocycles. The van der Waals surface area contributed by atoms with E-state index >= 15 is 0 Å². The smallest absolute Gasteiger partial charge is 0.303 e. The number of hydrogen-bond acceptors (Lipinski definition) is 3. The number of rotatable bonds is 14. The molecule has 0 bridgehead atoms. The number of aliphatic carboxylic acids is 1. The molecule has 124 valence electrons. The van der Waals surface area contributed by atoms with Crippen LogP contribution in [0.2, 0.25) is 0 Å². The van der Waals surface area contributed by atoms with Crippen LogP contribution in [0.1, 0.15) is 64.2 Å². The number of carboxylic acid groups (broad SMARTS) is 1. The van der Waals surface area contributed by atoms with Crippen molar-refractivity contribution in [1.29, 1.82) is 0 Å². The van der Waals surface area contributed by atoms with Crippen LogP contribution in [0, 0.1) is 0 Å². The molecule has 0 radical (unpaired) electrons. The molecule has 0 aromatic carbocycles. The highest BCUT2D eigenvalue weighted by molar-refractivity contribution is 7.80. The minimum atomic E-state index is -0.698. The summed E-state index contributed by atoms with van der Waals surface area (Å²) in [6.45, 7) is 0.732. The van der Waals surface area contributed by atoms with Crippen molar-refractivity contribution in [1.82, 2.24) is 5.32 Å². The van der Waals surface area contributed by atoms with Crippen LogP contribution in [-0.4, -0.2) is 35.3 Å². The summed E-state index contributed by atoms with van der Waals surface area (Å²) in [6.07, 6.45) is 9.63. The van der Waals surface area contributed by atoms with Crippen LogP contribution in [-0.2, 0) is 9.59 Å². The van der Waals surface area contributed by atoms with Gasteiger partial charge in [0.1, 0.15) is 0 Å². The van der Waals surface area contributed by atoms with Gasteiger partial charge in [0.2, 0.25) is 0 Å². The topological polar surface area (TPSA) is 94.0 Å². The molecule has 1 atom stereocenters. The van der Waals surface area contributed by atoms with E-state index in [4.69, 9.17) is 5.11 Å². The van der Waals surface area contributed by atoms with Gasteiger partial charge in [0, 0.05) is 19.4 Å². The molecule has 0 rings (SSSR count). The first-order valence-electron chi connectivity index (χ1n) is 8.01. The first kappa shape index (κ1) is 20.2. The number of amides is 1. The van der Waals surface area contributed by atoms with Gasteiger partial charge in [-0.15, -0.1) is 0 Å². The molecule has 0 aromatic rings. The summed E-state index contributed by atoms with van der Waals surface area (Å²) in [5.74, 6) is 0.0204. The number of hydrogen-bond donors (Lipinski definition) is 4. The highest BCUT2D eigenvalue weighted by Crippen LogP contribution is 2.09. The molecule has 1 unspecified atom stereocenters. The van der Waals surface area contributed by atoms with Gasteiger partial charge in [-0.1, -0.05) is 38.5 Å². The summed E-state index contributed by atoms with van der Waals surface area (Å²) in [7, 11) is 0. The SMILES string of the molecule is [NH3+]C(CCS)C(=O)NCCCCCCCCCCC(=O)O. The molecule has 1 amide bonds. The van der Waals surface area contributed by atoms with Gasteiger partial charge < -0.3 is 16.2 Å². The van der Waals surface area contributed by atoms with Crippen LogP contribution in [0.5, 0.6) is 0 Å². The van der Waals surface area contributed by atoms with Crippen LogP contribution in [0.25, 0.3) is 0 Å². The van der Waals surface area contributed by atoms with Gasteiger partial charge in [-0.25, -0.2) is 0 Å². The molecule has 0 aliphatic rings. The van der Waals surface area contributed by atoms with Crippen molar-refractivity contribution in [2.75, 3.05) is 12.3 Å². The standard InChI is InChI=1S/C15H30N2O3S/c16-13(10-12-21)15(20)17-11-8-6-4-2-1-3-5-7-9-14(18)19/h13,21H,1-12,16H2,(H,17,20)(H,18,19)/p+1. The normalized spacial score (nSPS) is 12.1. The molecule has 0 aromatic heterocycles. The molecule has 6 heteroatoms. The Kier molecular flexibility index (Phi) is 13.7. The summed E-state index contributed by atoms with van der Waals surface area (Å²) in [5, 5.41) is 11.4. The van der Waals surface area contributed by atoms with E-state index in [1.807, 2.05) is 0 Å². The average Bonchev–Trinajstić information content (AvgIpc) is 2.44. The molecule has 5 nitrogen and oxygen atoms in total. The van der Waals surface area contributed by atoms with E-state index in [9.17, 15) is 9.59 Å². The summed E-state index contributed by atoms with van der Waals surface area (Å²) < 4.78 is 0. The van der Waals surface area contributed by atoms with E-state index in [0.717, 1.165) is 45.1 Å². The second-order valence-corrected chi connectivity index (χ2v) is 5.92. The Balaban J connectivity index is 3.22. The predicted octanol–water partition coefficient (Wildman–Crippen LogP) is 1.63. The lowest BCUT2D eigenvalue weighted by atomic mass is 10.1. The maximum absolute atomic E-state index is 11.6. The quantitative estimate of drug-likeness (QED) is 0.289. The summed E-state index contributed by atoms with van der Waals surface area (Å²) in [6, 6.07) is -0.187. The Morgan fingerprint density at radius 2 is 1.52 bits per heavy atom. The predicted molar refractivity (Wildman–Crippen MR) is 87.3 cm³/mol. The Morgan fingerprint density at radius 1 is 1.00 bits per heavy atom. The van der Waals surface area contributed by atoms with Gasteiger partial charge in [-0.2, -0.15) is 12.6 Å². The molecular weight excluding hydrogens is 288 g/mol. The Bertz CT molecular complexity index is 288. The maximum atomic E-state index is 11.6. The lowest BCUT2D eigenvalue weighted by molar-refractivity contribution is -0.403. The second-order valence-electron chi connectivity index (χ2n) is 5.47. The van der Waals surface area contributed by atoms with E-state index < -0.39 is 5.97 Å². The minimum absolute atomic E-state index is 0.0301. The van der Waals surface area contributed by atoms with E-state index in [1.165, 1.54) is 19.3 Å². The zero-order chi connectivity index (χ0) is 15.9. The van der Waals surface area contributed by atoms with E-state index in [2.05, 4.69) is 23.7 Å². The fraction of sp³-hybridized carbons (Fsp3) is 0.867.